The molecule has 1 saturated heterocycles. The fraction of sp³-hybridized carbons (Fsp3) is 0.400. The van der Waals surface area contributed by atoms with E-state index in [2.05, 4.69) is 68.0 Å². The fourth-order valence-electron chi connectivity index (χ4n) is 4.61. The number of hydrogen-bond donors (Lipinski definition) is 3. The lowest BCUT2D eigenvalue weighted by Gasteiger charge is -2.33. The number of benzene rings is 1. The molecule has 1 unspecified atom stereocenters. The number of rotatable bonds is 7. The molecule has 1 atom stereocenters. The molecule has 0 amide bonds. The van der Waals surface area contributed by atoms with Gasteiger partial charge in [-0.05, 0) is 55.2 Å². The van der Waals surface area contributed by atoms with Gasteiger partial charge < -0.3 is 15.6 Å². The third-order valence-electron chi connectivity index (χ3n) is 6.90. The number of nitrogens with zero attached hydrogens (tertiary/aromatic N) is 5. The van der Waals surface area contributed by atoms with Gasteiger partial charge in [-0.25, -0.2) is 9.97 Å². The lowest BCUT2D eigenvalue weighted by Crippen LogP contribution is -2.44. The molecule has 2 aliphatic rings. The van der Waals surface area contributed by atoms with E-state index in [-0.39, 0.29) is 4.87 Å². The van der Waals surface area contributed by atoms with Crippen LogP contribution in [0.15, 0.2) is 48.9 Å². The van der Waals surface area contributed by atoms with E-state index in [1.807, 2.05) is 23.1 Å². The number of anilines is 2. The summed E-state index contributed by atoms with van der Waals surface area (Å²) in [5, 5.41) is 11.3. The molecule has 0 bridgehead atoms. The standard InChI is InChI=1S/C25H29ClN8/c1-17(33-10-8-27-9-11-33)18-4-7-28-23(13-18)32-24-30-21-3-2-19(12-22(21)31-24)20-14-29-34(15-20)16-25(26)5-6-25/h2-4,7,12-15,17,27H,5-6,8-11,16H2,1H3,(H2,28,30,31,32). The second-order valence-electron chi connectivity index (χ2n) is 9.46. The molecule has 0 radical (unpaired) electrons. The first-order chi connectivity index (χ1) is 16.5. The third-order valence-corrected chi connectivity index (χ3v) is 7.40. The van der Waals surface area contributed by atoms with Crippen molar-refractivity contribution in [1.82, 2.24) is 34.9 Å². The van der Waals surface area contributed by atoms with Crippen molar-refractivity contribution in [2.45, 2.75) is 37.2 Å². The minimum Gasteiger partial charge on any atom is -0.324 e. The molecule has 9 heteroatoms. The number of aromatic nitrogens is 5. The van der Waals surface area contributed by atoms with E-state index in [0.717, 1.165) is 73.5 Å². The van der Waals surface area contributed by atoms with Crippen LogP contribution in [-0.4, -0.2) is 60.7 Å². The Labute approximate surface area is 203 Å². The highest BCUT2D eigenvalue weighted by molar-refractivity contribution is 6.25. The molecule has 34 heavy (non-hydrogen) atoms. The average Bonchev–Trinajstić information content (AvgIpc) is 3.22. The van der Waals surface area contributed by atoms with Gasteiger partial charge in [-0.3, -0.25) is 9.58 Å². The van der Waals surface area contributed by atoms with Crippen molar-refractivity contribution in [3.8, 4) is 11.1 Å². The Morgan fingerprint density at radius 3 is 2.82 bits per heavy atom. The first-order valence-corrected chi connectivity index (χ1v) is 12.3. The third kappa shape index (κ3) is 4.53. The van der Waals surface area contributed by atoms with E-state index in [1.54, 1.807) is 0 Å². The highest BCUT2D eigenvalue weighted by atomic mass is 35.5. The van der Waals surface area contributed by atoms with Crippen molar-refractivity contribution in [3.63, 3.8) is 0 Å². The van der Waals surface area contributed by atoms with Crippen molar-refractivity contribution >= 4 is 34.4 Å². The fourth-order valence-corrected chi connectivity index (χ4v) is 4.83. The van der Waals surface area contributed by atoms with E-state index in [0.29, 0.717) is 12.0 Å². The van der Waals surface area contributed by atoms with Crippen LogP contribution in [0.25, 0.3) is 22.2 Å². The predicted octanol–water partition coefficient (Wildman–Crippen LogP) is 4.30. The summed E-state index contributed by atoms with van der Waals surface area (Å²) in [6.45, 7) is 7.21. The summed E-state index contributed by atoms with van der Waals surface area (Å²) in [6.07, 6.45) is 7.95. The first-order valence-electron chi connectivity index (χ1n) is 11.9. The van der Waals surface area contributed by atoms with Crippen LogP contribution in [0.3, 0.4) is 0 Å². The van der Waals surface area contributed by atoms with Gasteiger partial charge in [0.25, 0.3) is 0 Å². The number of imidazole rings is 1. The molecule has 2 fully saturated rings. The molecule has 3 N–H and O–H groups in total. The Hall–Kier alpha value is -2.94. The van der Waals surface area contributed by atoms with Crippen molar-refractivity contribution in [2.75, 3.05) is 31.5 Å². The van der Waals surface area contributed by atoms with Gasteiger partial charge in [-0.1, -0.05) is 6.07 Å². The quantitative estimate of drug-likeness (QED) is 0.345. The van der Waals surface area contributed by atoms with Crippen LogP contribution in [0.4, 0.5) is 11.8 Å². The van der Waals surface area contributed by atoms with Crippen molar-refractivity contribution in [2.24, 2.45) is 0 Å². The molecule has 1 saturated carbocycles. The summed E-state index contributed by atoms with van der Waals surface area (Å²) in [5.74, 6) is 1.47. The van der Waals surface area contributed by atoms with Crippen LogP contribution in [0.1, 0.15) is 31.4 Å². The Bertz CT molecular complexity index is 1300. The van der Waals surface area contributed by atoms with Crippen LogP contribution < -0.4 is 10.6 Å². The van der Waals surface area contributed by atoms with Crippen molar-refractivity contribution < 1.29 is 0 Å². The number of hydrogen-bond acceptors (Lipinski definition) is 6. The van der Waals surface area contributed by atoms with E-state index in [9.17, 15) is 0 Å². The van der Waals surface area contributed by atoms with Crippen LogP contribution in [-0.2, 0) is 6.54 Å². The lowest BCUT2D eigenvalue weighted by molar-refractivity contribution is 0.185. The van der Waals surface area contributed by atoms with Crippen molar-refractivity contribution in [1.29, 1.82) is 0 Å². The summed E-state index contributed by atoms with van der Waals surface area (Å²) in [6, 6.07) is 10.8. The van der Waals surface area contributed by atoms with Crippen molar-refractivity contribution in [3.05, 3.63) is 54.5 Å². The molecule has 0 spiro atoms. The molecule has 176 valence electrons. The molecule has 4 heterocycles. The van der Waals surface area contributed by atoms with E-state index in [4.69, 9.17) is 16.6 Å². The Morgan fingerprint density at radius 1 is 1.15 bits per heavy atom. The van der Waals surface area contributed by atoms with E-state index in [1.165, 1.54) is 5.56 Å². The average molecular weight is 477 g/mol. The molecule has 4 aromatic rings. The molecule has 1 aromatic carbocycles. The van der Waals surface area contributed by atoms with Gasteiger partial charge in [-0.2, -0.15) is 5.10 Å². The summed E-state index contributed by atoms with van der Waals surface area (Å²) in [7, 11) is 0. The minimum absolute atomic E-state index is 0.0920. The van der Waals surface area contributed by atoms with Crippen LogP contribution in [0.2, 0.25) is 0 Å². The van der Waals surface area contributed by atoms with Gasteiger partial charge in [0.1, 0.15) is 5.82 Å². The van der Waals surface area contributed by atoms with E-state index < -0.39 is 0 Å². The number of nitrogens with one attached hydrogen (secondary N) is 3. The predicted molar refractivity (Wildman–Crippen MR) is 136 cm³/mol. The van der Waals surface area contributed by atoms with Gasteiger partial charge in [0.05, 0.1) is 28.6 Å². The Balaban J connectivity index is 1.19. The monoisotopic (exact) mass is 476 g/mol. The van der Waals surface area contributed by atoms with Crippen LogP contribution in [0.5, 0.6) is 0 Å². The maximum atomic E-state index is 6.46. The van der Waals surface area contributed by atoms with Crippen LogP contribution >= 0.6 is 11.6 Å². The normalized spacial score (nSPS) is 18.8. The molecule has 1 aliphatic carbocycles. The smallest absolute Gasteiger partial charge is 0.206 e. The van der Waals surface area contributed by atoms with Gasteiger partial charge >= 0.3 is 0 Å². The number of aromatic amines is 1. The topological polar surface area (TPSA) is 86.7 Å². The zero-order chi connectivity index (χ0) is 23.1. The number of pyridine rings is 1. The second kappa shape index (κ2) is 8.69. The SMILES string of the molecule is CC(c1ccnc(Nc2nc3ccc(-c4cnn(CC5(Cl)CC5)c4)cc3[nH]2)c1)N1CCNCC1. The van der Waals surface area contributed by atoms with Gasteiger partial charge in [-0.15, -0.1) is 11.6 Å². The van der Waals surface area contributed by atoms with Crippen LogP contribution in [0, 0.1) is 0 Å². The van der Waals surface area contributed by atoms with Gasteiger partial charge in [0, 0.05) is 50.2 Å². The number of piperazine rings is 1. The highest BCUT2D eigenvalue weighted by Gasteiger charge is 2.41. The summed E-state index contributed by atoms with van der Waals surface area (Å²) < 4.78 is 1.94. The van der Waals surface area contributed by atoms with Gasteiger partial charge in [0.15, 0.2) is 0 Å². The first kappa shape index (κ1) is 21.6. The number of H-pyrrole nitrogens is 1. The largest absolute Gasteiger partial charge is 0.324 e. The zero-order valence-corrected chi connectivity index (χ0v) is 20.0. The molecule has 3 aromatic heterocycles. The second-order valence-corrected chi connectivity index (χ2v) is 10.3. The summed E-state index contributed by atoms with van der Waals surface area (Å²) in [4.78, 5) is 15.0. The molecular formula is C25H29ClN8. The zero-order valence-electron chi connectivity index (χ0n) is 19.3. The molecule has 1 aliphatic heterocycles. The highest BCUT2D eigenvalue weighted by Crippen LogP contribution is 2.43. The number of halogens is 1. The van der Waals surface area contributed by atoms with E-state index >= 15 is 0 Å². The summed E-state index contributed by atoms with van der Waals surface area (Å²) in [5.41, 5.74) is 5.29. The van der Waals surface area contributed by atoms with Gasteiger partial charge in [0.2, 0.25) is 5.95 Å². The molecule has 8 nitrogen and oxygen atoms in total. The lowest BCUT2D eigenvalue weighted by atomic mass is 10.1. The molecule has 6 rings (SSSR count). The Kier molecular flexibility index (Phi) is 5.51. The maximum absolute atomic E-state index is 6.46. The Morgan fingerprint density at radius 2 is 2.00 bits per heavy atom. The summed E-state index contributed by atoms with van der Waals surface area (Å²) >= 11 is 6.46. The number of alkyl halides is 1. The number of fused-ring (bicyclic) bond motifs is 1. The maximum Gasteiger partial charge on any atom is 0.206 e. The molecular weight excluding hydrogens is 448 g/mol. The minimum atomic E-state index is -0.0920.